The predicted molar refractivity (Wildman–Crippen MR) is 101 cm³/mol. The van der Waals surface area contributed by atoms with Crippen molar-refractivity contribution in [2.45, 2.75) is 46.3 Å². The lowest BCUT2D eigenvalue weighted by molar-refractivity contribution is -0.139. The zero-order valence-electron chi connectivity index (χ0n) is 15.1. The monoisotopic (exact) mass is 363 g/mol. The summed E-state index contributed by atoms with van der Waals surface area (Å²) in [6.45, 7) is 6.25. The molecule has 1 aromatic rings. The van der Waals surface area contributed by atoms with E-state index in [-0.39, 0.29) is 5.91 Å². The molecule has 1 aliphatic rings. The standard InChI is InChI=1S/C19H26ClN3O2/c1-4-16-18(5-2)23(12-11-20)19(25-22-14(3)24)17(21-16)13-15-9-7-6-8-10-15/h6-10,19H,4-5,11-13H2,1-3H3,(H,22,24). The van der Waals surface area contributed by atoms with E-state index in [1.807, 2.05) is 18.2 Å². The number of alkyl halides is 1. The van der Waals surface area contributed by atoms with Gasteiger partial charge in [0.1, 0.15) is 0 Å². The molecule has 1 N–H and O–H groups in total. The molecule has 0 saturated carbocycles. The molecule has 0 saturated heterocycles. The highest BCUT2D eigenvalue weighted by molar-refractivity contribution is 6.18. The zero-order valence-corrected chi connectivity index (χ0v) is 15.8. The van der Waals surface area contributed by atoms with Crippen LogP contribution in [0.1, 0.15) is 39.2 Å². The number of halogens is 1. The lowest BCUT2D eigenvalue weighted by Gasteiger charge is -2.38. The van der Waals surface area contributed by atoms with Crippen LogP contribution in [0, 0.1) is 0 Å². The summed E-state index contributed by atoms with van der Waals surface area (Å²) < 4.78 is 0. The van der Waals surface area contributed by atoms with Crippen molar-refractivity contribution < 1.29 is 9.63 Å². The van der Waals surface area contributed by atoms with Crippen LogP contribution in [0.5, 0.6) is 0 Å². The SMILES string of the molecule is CCC1=C(CC)N(CCCl)C(ONC(C)=O)C(Cc2ccccc2)=N1. The first-order chi connectivity index (χ1) is 12.1. The van der Waals surface area contributed by atoms with Gasteiger partial charge in [0.25, 0.3) is 0 Å². The summed E-state index contributed by atoms with van der Waals surface area (Å²) in [7, 11) is 0. The Morgan fingerprint density at radius 3 is 2.56 bits per heavy atom. The Hall–Kier alpha value is -1.85. The van der Waals surface area contributed by atoms with Gasteiger partial charge in [-0.1, -0.05) is 44.2 Å². The number of nitrogens with zero attached hydrogens (tertiary/aromatic N) is 2. The van der Waals surface area contributed by atoms with E-state index in [1.165, 1.54) is 6.92 Å². The van der Waals surface area contributed by atoms with Crippen LogP contribution in [0.3, 0.4) is 0 Å². The molecule has 0 aromatic heterocycles. The summed E-state index contributed by atoms with van der Waals surface area (Å²) in [5, 5.41) is 0. The van der Waals surface area contributed by atoms with Gasteiger partial charge in [0, 0.05) is 31.5 Å². The van der Waals surface area contributed by atoms with Gasteiger partial charge in [0.15, 0.2) is 6.23 Å². The molecule has 1 aliphatic heterocycles. The van der Waals surface area contributed by atoms with Crippen LogP contribution in [0.15, 0.2) is 46.7 Å². The zero-order chi connectivity index (χ0) is 18.2. The van der Waals surface area contributed by atoms with Crippen LogP contribution in [0.25, 0.3) is 0 Å². The second-order valence-corrected chi connectivity index (χ2v) is 6.25. The number of carbonyl (C=O) groups is 1. The number of allylic oxidation sites excluding steroid dienone is 2. The quantitative estimate of drug-likeness (QED) is 0.566. The third-order valence-electron chi connectivity index (χ3n) is 4.06. The fourth-order valence-electron chi connectivity index (χ4n) is 3.02. The van der Waals surface area contributed by atoms with E-state index in [4.69, 9.17) is 21.4 Å². The largest absolute Gasteiger partial charge is 0.340 e. The summed E-state index contributed by atoms with van der Waals surface area (Å²) in [5.41, 5.74) is 6.67. The maximum atomic E-state index is 11.4. The maximum absolute atomic E-state index is 11.4. The summed E-state index contributed by atoms with van der Waals surface area (Å²) in [4.78, 5) is 24.1. The number of nitrogens with one attached hydrogen (secondary N) is 1. The molecule has 0 bridgehead atoms. The first kappa shape index (κ1) is 19.5. The normalized spacial score (nSPS) is 17.5. The Bertz CT molecular complexity index is 643. The molecule has 0 fully saturated rings. The molecule has 5 nitrogen and oxygen atoms in total. The summed E-state index contributed by atoms with van der Waals surface area (Å²) in [5.74, 6) is 0.229. The van der Waals surface area contributed by atoms with E-state index >= 15 is 0 Å². The molecule has 136 valence electrons. The van der Waals surface area contributed by atoms with Crippen LogP contribution in [-0.2, 0) is 16.1 Å². The first-order valence-electron chi connectivity index (χ1n) is 8.68. The second-order valence-electron chi connectivity index (χ2n) is 5.88. The van der Waals surface area contributed by atoms with Gasteiger partial charge in [0.2, 0.25) is 5.91 Å². The molecule has 1 amide bonds. The minimum Gasteiger partial charge on any atom is -0.340 e. The van der Waals surface area contributed by atoms with Gasteiger partial charge < -0.3 is 4.90 Å². The highest BCUT2D eigenvalue weighted by Crippen LogP contribution is 2.28. The van der Waals surface area contributed by atoms with Crippen molar-refractivity contribution in [3.8, 4) is 0 Å². The molecule has 6 heteroatoms. The fourth-order valence-corrected chi connectivity index (χ4v) is 3.20. The van der Waals surface area contributed by atoms with E-state index in [1.54, 1.807) is 0 Å². The van der Waals surface area contributed by atoms with Gasteiger partial charge in [-0.05, 0) is 18.4 Å². The number of hydrogen-bond acceptors (Lipinski definition) is 4. The number of amides is 1. The van der Waals surface area contributed by atoms with Crippen LogP contribution in [0.4, 0.5) is 0 Å². The number of benzene rings is 1. The average molecular weight is 364 g/mol. The van der Waals surface area contributed by atoms with E-state index in [0.29, 0.717) is 18.8 Å². The Balaban J connectivity index is 2.39. The molecule has 1 atom stereocenters. The fraction of sp³-hybridized carbons (Fsp3) is 0.474. The Morgan fingerprint density at radius 2 is 2.00 bits per heavy atom. The minimum atomic E-state index is -0.451. The van der Waals surface area contributed by atoms with Gasteiger partial charge in [-0.3, -0.25) is 9.79 Å². The molecule has 0 spiro atoms. The molecule has 1 unspecified atom stereocenters. The lowest BCUT2D eigenvalue weighted by atomic mass is 10.0. The first-order valence-corrected chi connectivity index (χ1v) is 9.22. The highest BCUT2D eigenvalue weighted by Gasteiger charge is 2.32. The van der Waals surface area contributed by atoms with Crippen LogP contribution >= 0.6 is 11.6 Å². The Labute approximate surface area is 154 Å². The van der Waals surface area contributed by atoms with Gasteiger partial charge in [0.05, 0.1) is 11.4 Å². The molecule has 0 radical (unpaired) electrons. The Kier molecular flexibility index (Phi) is 7.47. The van der Waals surface area contributed by atoms with E-state index in [0.717, 1.165) is 35.5 Å². The summed E-state index contributed by atoms with van der Waals surface area (Å²) >= 11 is 6.04. The van der Waals surface area contributed by atoms with E-state index in [2.05, 4.69) is 36.4 Å². The Morgan fingerprint density at radius 1 is 1.28 bits per heavy atom. The maximum Gasteiger partial charge on any atom is 0.240 e. The van der Waals surface area contributed by atoms with Crippen molar-refractivity contribution in [3.05, 3.63) is 47.3 Å². The number of aliphatic imine (C=N–C) groups is 1. The number of carbonyl (C=O) groups excluding carboxylic acids is 1. The van der Waals surface area contributed by atoms with Crippen molar-refractivity contribution in [1.29, 1.82) is 0 Å². The average Bonchev–Trinajstić information content (AvgIpc) is 2.61. The lowest BCUT2D eigenvalue weighted by Crippen LogP contribution is -2.49. The molecule has 0 aliphatic carbocycles. The van der Waals surface area contributed by atoms with Gasteiger partial charge in [-0.2, -0.15) is 0 Å². The van der Waals surface area contributed by atoms with Crippen molar-refractivity contribution in [3.63, 3.8) is 0 Å². The summed E-state index contributed by atoms with van der Waals surface area (Å²) in [6.07, 6.45) is 1.88. The summed E-state index contributed by atoms with van der Waals surface area (Å²) in [6, 6.07) is 10.1. The molecular formula is C19H26ClN3O2. The van der Waals surface area contributed by atoms with Crippen LogP contribution in [-0.4, -0.2) is 35.2 Å². The van der Waals surface area contributed by atoms with Crippen molar-refractivity contribution in [2.24, 2.45) is 4.99 Å². The van der Waals surface area contributed by atoms with Crippen LogP contribution < -0.4 is 5.48 Å². The van der Waals surface area contributed by atoms with Crippen LogP contribution in [0.2, 0.25) is 0 Å². The number of hydroxylamine groups is 1. The van der Waals surface area contributed by atoms with Crippen molar-refractivity contribution >= 4 is 23.2 Å². The molecule has 25 heavy (non-hydrogen) atoms. The van der Waals surface area contributed by atoms with Gasteiger partial charge >= 0.3 is 0 Å². The van der Waals surface area contributed by atoms with E-state index in [9.17, 15) is 4.79 Å². The highest BCUT2D eigenvalue weighted by atomic mass is 35.5. The third-order valence-corrected chi connectivity index (χ3v) is 4.23. The third kappa shape index (κ3) is 5.06. The number of rotatable bonds is 8. The number of hydrogen-bond donors (Lipinski definition) is 1. The minimum absolute atomic E-state index is 0.242. The van der Waals surface area contributed by atoms with Crippen molar-refractivity contribution in [1.82, 2.24) is 10.4 Å². The molecule has 1 heterocycles. The molecule has 1 aromatic carbocycles. The van der Waals surface area contributed by atoms with Gasteiger partial charge in [-0.25, -0.2) is 10.3 Å². The topological polar surface area (TPSA) is 53.9 Å². The molecule has 2 rings (SSSR count). The molecular weight excluding hydrogens is 338 g/mol. The van der Waals surface area contributed by atoms with E-state index < -0.39 is 6.23 Å². The van der Waals surface area contributed by atoms with Gasteiger partial charge in [-0.15, -0.1) is 11.6 Å². The smallest absolute Gasteiger partial charge is 0.240 e. The van der Waals surface area contributed by atoms with Crippen molar-refractivity contribution in [2.75, 3.05) is 12.4 Å². The predicted octanol–water partition coefficient (Wildman–Crippen LogP) is 3.65. The second kappa shape index (κ2) is 9.59.